The Kier molecular flexibility index (Phi) is 3.94. The van der Waals surface area contributed by atoms with E-state index in [9.17, 15) is 9.59 Å². The van der Waals surface area contributed by atoms with Crippen LogP contribution >= 0.6 is 0 Å². The van der Waals surface area contributed by atoms with E-state index in [0.29, 0.717) is 18.8 Å². The highest BCUT2D eigenvalue weighted by Crippen LogP contribution is 2.20. The van der Waals surface area contributed by atoms with Gasteiger partial charge in [0.25, 0.3) is 11.5 Å². The summed E-state index contributed by atoms with van der Waals surface area (Å²) < 4.78 is 0. The molecule has 2 heterocycles. The number of nitrogens with zero attached hydrogens (tertiary/aromatic N) is 1. The zero-order valence-electron chi connectivity index (χ0n) is 13.7. The Hall–Kier alpha value is -3.14. The van der Waals surface area contributed by atoms with Crippen LogP contribution in [0.25, 0.3) is 11.3 Å². The number of nitrogens with one attached hydrogen (secondary N) is 1. The Balaban J connectivity index is 1.60. The molecule has 0 saturated heterocycles. The van der Waals surface area contributed by atoms with E-state index in [-0.39, 0.29) is 17.0 Å². The number of carbonyl (C=O) groups excluding carboxylic acids is 1. The van der Waals surface area contributed by atoms with E-state index in [0.717, 1.165) is 17.5 Å². The van der Waals surface area contributed by atoms with Crippen LogP contribution in [0.3, 0.4) is 0 Å². The van der Waals surface area contributed by atoms with Gasteiger partial charge in [0.15, 0.2) is 0 Å². The van der Waals surface area contributed by atoms with Crippen molar-refractivity contribution in [3.8, 4) is 11.3 Å². The van der Waals surface area contributed by atoms with E-state index in [1.165, 1.54) is 5.56 Å². The Labute approximate surface area is 145 Å². The summed E-state index contributed by atoms with van der Waals surface area (Å²) in [6.07, 6.45) is 0.821. The minimum atomic E-state index is -0.342. The molecule has 0 unspecified atom stereocenters. The fourth-order valence-corrected chi connectivity index (χ4v) is 3.27. The molecule has 4 heteroatoms. The molecule has 1 N–H and O–H groups in total. The van der Waals surface area contributed by atoms with Crippen molar-refractivity contribution in [1.82, 2.24) is 9.88 Å². The number of aromatic amines is 1. The molecule has 0 spiro atoms. The second-order valence-corrected chi connectivity index (χ2v) is 6.23. The van der Waals surface area contributed by atoms with Gasteiger partial charge in [-0.25, -0.2) is 0 Å². The third kappa shape index (κ3) is 2.98. The summed E-state index contributed by atoms with van der Waals surface area (Å²) in [5.74, 6) is -0.213. The molecule has 0 saturated carbocycles. The molecular formula is C21H18N2O2. The molecule has 0 bridgehead atoms. The molecule has 0 aliphatic carbocycles. The van der Waals surface area contributed by atoms with Crippen LogP contribution in [0.15, 0.2) is 71.5 Å². The number of benzene rings is 2. The lowest BCUT2D eigenvalue weighted by Gasteiger charge is -2.28. The van der Waals surface area contributed by atoms with E-state index in [4.69, 9.17) is 0 Å². The highest BCUT2D eigenvalue weighted by Gasteiger charge is 2.23. The summed E-state index contributed by atoms with van der Waals surface area (Å²) in [6.45, 7) is 1.19. The average molecular weight is 330 g/mol. The maximum Gasteiger partial charge on any atom is 0.261 e. The molecule has 1 amide bonds. The van der Waals surface area contributed by atoms with Crippen LogP contribution in [0.4, 0.5) is 0 Å². The molecule has 0 radical (unpaired) electrons. The lowest BCUT2D eigenvalue weighted by Crippen LogP contribution is -2.38. The molecule has 3 aromatic rings. The zero-order chi connectivity index (χ0) is 17.2. The fourth-order valence-electron chi connectivity index (χ4n) is 3.27. The summed E-state index contributed by atoms with van der Waals surface area (Å²) in [5, 5.41) is 0. The van der Waals surface area contributed by atoms with Crippen LogP contribution < -0.4 is 5.56 Å². The highest BCUT2D eigenvalue weighted by molar-refractivity contribution is 5.94. The largest absolute Gasteiger partial charge is 0.334 e. The molecule has 2 aromatic carbocycles. The first-order valence-corrected chi connectivity index (χ1v) is 8.37. The number of fused-ring (bicyclic) bond motifs is 1. The van der Waals surface area contributed by atoms with Crippen LogP contribution in [0.5, 0.6) is 0 Å². The van der Waals surface area contributed by atoms with Crippen molar-refractivity contribution in [2.45, 2.75) is 13.0 Å². The first-order valence-electron chi connectivity index (χ1n) is 8.37. The second-order valence-electron chi connectivity index (χ2n) is 6.23. The standard InChI is InChI=1S/C21H18N2O2/c24-20-18(10-11-19(22-20)16-7-2-1-3-8-16)21(25)23-13-12-15-6-4-5-9-17(15)14-23/h1-11H,12-14H2,(H,22,24). The topological polar surface area (TPSA) is 53.2 Å². The molecule has 0 atom stereocenters. The van der Waals surface area contributed by atoms with Gasteiger partial charge in [0.05, 0.1) is 0 Å². The SMILES string of the molecule is O=C(c1ccc(-c2ccccc2)[nH]c1=O)N1CCc2ccccc2C1. The summed E-state index contributed by atoms with van der Waals surface area (Å²) in [7, 11) is 0. The molecule has 1 aromatic heterocycles. The predicted octanol–water partition coefficient (Wildman–Crippen LogP) is 3.24. The smallest absolute Gasteiger partial charge is 0.261 e. The Bertz CT molecular complexity index is 976. The van der Waals surface area contributed by atoms with Gasteiger partial charge in [-0.2, -0.15) is 0 Å². The van der Waals surface area contributed by atoms with E-state index < -0.39 is 0 Å². The second kappa shape index (κ2) is 6.40. The number of H-pyrrole nitrogens is 1. The normalized spacial score (nSPS) is 13.4. The van der Waals surface area contributed by atoms with Crippen molar-refractivity contribution in [2.75, 3.05) is 6.54 Å². The summed E-state index contributed by atoms with van der Waals surface area (Å²) in [4.78, 5) is 29.8. The third-order valence-corrected chi connectivity index (χ3v) is 4.64. The molecule has 124 valence electrons. The van der Waals surface area contributed by atoms with E-state index in [2.05, 4.69) is 11.1 Å². The molecule has 0 fully saturated rings. The van der Waals surface area contributed by atoms with Crippen molar-refractivity contribution in [3.05, 3.63) is 93.8 Å². The molecule has 4 nitrogen and oxygen atoms in total. The summed E-state index contributed by atoms with van der Waals surface area (Å²) in [6, 6.07) is 21.2. The van der Waals surface area contributed by atoms with Crippen LogP contribution in [-0.2, 0) is 13.0 Å². The van der Waals surface area contributed by atoms with Crippen molar-refractivity contribution >= 4 is 5.91 Å². The van der Waals surface area contributed by atoms with Gasteiger partial charge in [-0.05, 0) is 35.2 Å². The maximum absolute atomic E-state index is 12.8. The summed E-state index contributed by atoms with van der Waals surface area (Å²) in [5.41, 5.74) is 3.92. The molecular weight excluding hydrogens is 312 g/mol. The van der Waals surface area contributed by atoms with Crippen LogP contribution in [0, 0.1) is 0 Å². The third-order valence-electron chi connectivity index (χ3n) is 4.64. The molecule has 4 rings (SSSR count). The molecule has 1 aliphatic heterocycles. The first-order chi connectivity index (χ1) is 12.2. The van der Waals surface area contributed by atoms with Crippen LogP contribution in [0.2, 0.25) is 0 Å². The van der Waals surface area contributed by atoms with Gasteiger partial charge < -0.3 is 9.88 Å². The number of pyridine rings is 1. The maximum atomic E-state index is 12.8. The Morgan fingerprint density at radius 1 is 0.880 bits per heavy atom. The Morgan fingerprint density at radius 3 is 2.36 bits per heavy atom. The number of hydrogen-bond acceptors (Lipinski definition) is 2. The first kappa shape index (κ1) is 15.4. The predicted molar refractivity (Wildman–Crippen MR) is 97.4 cm³/mol. The van der Waals surface area contributed by atoms with Crippen LogP contribution in [0.1, 0.15) is 21.5 Å². The summed E-state index contributed by atoms with van der Waals surface area (Å²) >= 11 is 0. The van der Waals surface area contributed by atoms with E-state index >= 15 is 0 Å². The van der Waals surface area contributed by atoms with Gasteiger partial charge in [0.2, 0.25) is 0 Å². The van der Waals surface area contributed by atoms with E-state index in [1.54, 1.807) is 17.0 Å². The number of hydrogen-bond donors (Lipinski definition) is 1. The van der Waals surface area contributed by atoms with Crippen LogP contribution in [-0.4, -0.2) is 22.3 Å². The van der Waals surface area contributed by atoms with Gasteiger partial charge in [-0.15, -0.1) is 0 Å². The lowest BCUT2D eigenvalue weighted by atomic mass is 9.99. The van der Waals surface area contributed by atoms with Gasteiger partial charge in [0, 0.05) is 18.8 Å². The van der Waals surface area contributed by atoms with Gasteiger partial charge >= 0.3 is 0 Å². The quantitative estimate of drug-likeness (QED) is 0.784. The molecule has 25 heavy (non-hydrogen) atoms. The number of rotatable bonds is 2. The average Bonchev–Trinajstić information content (AvgIpc) is 2.67. The number of aromatic nitrogens is 1. The van der Waals surface area contributed by atoms with Crippen molar-refractivity contribution in [2.24, 2.45) is 0 Å². The lowest BCUT2D eigenvalue weighted by molar-refractivity contribution is 0.0733. The number of amides is 1. The minimum absolute atomic E-state index is 0.194. The van der Waals surface area contributed by atoms with Crippen molar-refractivity contribution in [3.63, 3.8) is 0 Å². The van der Waals surface area contributed by atoms with Gasteiger partial charge in [-0.3, -0.25) is 9.59 Å². The van der Waals surface area contributed by atoms with Crippen molar-refractivity contribution in [1.29, 1.82) is 0 Å². The highest BCUT2D eigenvalue weighted by atomic mass is 16.2. The fraction of sp³-hybridized carbons (Fsp3) is 0.143. The van der Waals surface area contributed by atoms with Crippen molar-refractivity contribution < 1.29 is 4.79 Å². The molecule has 1 aliphatic rings. The number of carbonyl (C=O) groups is 1. The zero-order valence-corrected chi connectivity index (χ0v) is 13.7. The van der Waals surface area contributed by atoms with Gasteiger partial charge in [0.1, 0.15) is 5.56 Å². The van der Waals surface area contributed by atoms with Gasteiger partial charge in [-0.1, -0.05) is 54.6 Å². The monoisotopic (exact) mass is 330 g/mol. The minimum Gasteiger partial charge on any atom is -0.334 e. The van der Waals surface area contributed by atoms with E-state index in [1.807, 2.05) is 48.5 Å². The Morgan fingerprint density at radius 2 is 1.60 bits per heavy atom.